The zero-order valence-corrected chi connectivity index (χ0v) is 18.2. The first-order chi connectivity index (χ1) is 13.1. The van der Waals surface area contributed by atoms with Crippen LogP contribution < -0.4 is 10.1 Å². The van der Waals surface area contributed by atoms with E-state index in [0.29, 0.717) is 12.0 Å². The molecule has 2 aromatic carbocycles. The van der Waals surface area contributed by atoms with Crippen molar-refractivity contribution in [2.45, 2.75) is 51.0 Å². The van der Waals surface area contributed by atoms with Crippen LogP contribution in [0, 0.1) is 6.92 Å². The molecule has 1 amide bonds. The molecule has 1 N–H and O–H groups in total. The summed E-state index contributed by atoms with van der Waals surface area (Å²) in [5.74, 6) is 0.862. The number of benzene rings is 2. The van der Waals surface area contributed by atoms with E-state index in [0.717, 1.165) is 22.4 Å². The molecule has 5 nitrogen and oxygen atoms in total. The molecule has 0 aliphatic rings. The Balaban J connectivity index is 2.30. The second-order valence-electron chi connectivity index (χ2n) is 7.34. The van der Waals surface area contributed by atoms with Gasteiger partial charge in [0.15, 0.2) is 9.84 Å². The van der Waals surface area contributed by atoms with Crippen LogP contribution in [0.5, 0.6) is 5.75 Å². The molecule has 152 valence electrons. The number of methoxy groups -OCH3 is 1. The summed E-state index contributed by atoms with van der Waals surface area (Å²) < 4.78 is 28.7. The Hall–Kier alpha value is -2.34. The molecule has 0 spiro atoms. The molecule has 0 saturated carbocycles. The molecule has 0 heterocycles. The molecule has 1 atom stereocenters. The summed E-state index contributed by atoms with van der Waals surface area (Å²) in [6, 6.07) is 10.3. The quantitative estimate of drug-likeness (QED) is 0.743. The minimum atomic E-state index is -3.24. The van der Waals surface area contributed by atoms with Crippen LogP contribution in [0.15, 0.2) is 41.3 Å². The van der Waals surface area contributed by atoms with Crippen LogP contribution in [0.1, 0.15) is 66.2 Å². The van der Waals surface area contributed by atoms with Gasteiger partial charge in [0.05, 0.1) is 18.0 Å². The molecule has 0 aliphatic heterocycles. The van der Waals surface area contributed by atoms with Crippen molar-refractivity contribution in [3.8, 4) is 5.75 Å². The molecule has 2 aromatic rings. The number of ether oxygens (including phenoxy) is 1. The van der Waals surface area contributed by atoms with E-state index >= 15 is 0 Å². The number of carbonyl (C=O) groups excluding carboxylic acids is 1. The normalized spacial score (nSPS) is 12.7. The smallest absolute Gasteiger partial charge is 0.252 e. The Kier molecular flexibility index (Phi) is 6.88. The van der Waals surface area contributed by atoms with Crippen molar-refractivity contribution in [1.29, 1.82) is 0 Å². The van der Waals surface area contributed by atoms with Crippen molar-refractivity contribution in [3.05, 3.63) is 58.7 Å². The number of carbonyl (C=O) groups is 1. The van der Waals surface area contributed by atoms with Gasteiger partial charge < -0.3 is 10.1 Å². The number of sulfone groups is 1. The van der Waals surface area contributed by atoms with Crippen LogP contribution in [0.2, 0.25) is 0 Å². The lowest BCUT2D eigenvalue weighted by Crippen LogP contribution is -2.29. The van der Waals surface area contributed by atoms with Gasteiger partial charge in [-0.3, -0.25) is 4.79 Å². The van der Waals surface area contributed by atoms with Gasteiger partial charge in [-0.25, -0.2) is 8.42 Å². The van der Waals surface area contributed by atoms with E-state index in [1.54, 1.807) is 31.4 Å². The first kappa shape index (κ1) is 22.0. The highest BCUT2D eigenvalue weighted by molar-refractivity contribution is 7.90. The number of nitrogens with one attached hydrogen (secondary N) is 1. The van der Waals surface area contributed by atoms with Crippen LogP contribution >= 0.6 is 0 Å². The van der Waals surface area contributed by atoms with Crippen molar-refractivity contribution in [2.24, 2.45) is 0 Å². The van der Waals surface area contributed by atoms with Crippen molar-refractivity contribution in [2.75, 3.05) is 13.4 Å². The maximum Gasteiger partial charge on any atom is 0.252 e. The highest BCUT2D eigenvalue weighted by Crippen LogP contribution is 2.30. The van der Waals surface area contributed by atoms with Gasteiger partial charge in [0.1, 0.15) is 5.75 Å². The summed E-state index contributed by atoms with van der Waals surface area (Å²) in [6.45, 7) is 8.00. The fourth-order valence-electron chi connectivity index (χ4n) is 3.18. The first-order valence-corrected chi connectivity index (χ1v) is 11.3. The molecule has 0 saturated heterocycles. The van der Waals surface area contributed by atoms with E-state index in [4.69, 9.17) is 4.74 Å². The molecule has 0 aromatic heterocycles. The Morgan fingerprint density at radius 1 is 1.14 bits per heavy atom. The van der Waals surface area contributed by atoms with Gasteiger partial charge in [-0.15, -0.1) is 0 Å². The Morgan fingerprint density at radius 3 is 2.21 bits per heavy atom. The minimum Gasteiger partial charge on any atom is -0.496 e. The molecule has 0 bridgehead atoms. The number of amides is 1. The third-order valence-corrected chi connectivity index (χ3v) is 6.00. The highest BCUT2D eigenvalue weighted by Gasteiger charge is 2.19. The van der Waals surface area contributed by atoms with E-state index in [1.807, 2.05) is 26.0 Å². The SMILES string of the molecule is CC[C@@H](NC(=O)c1cc(C(C)C)c(OC)cc1C)c1ccc(S(C)(=O)=O)cc1. The standard InChI is InChI=1S/C22H29NO4S/c1-7-20(16-8-10-17(11-9-16)28(6,25)26)23-22(24)19-13-18(14(2)3)21(27-5)12-15(19)4/h8-14,20H,7H2,1-6H3,(H,23,24)/t20-/m1/s1. The van der Waals surface area contributed by atoms with Gasteiger partial charge in [0.2, 0.25) is 0 Å². The zero-order valence-electron chi connectivity index (χ0n) is 17.4. The lowest BCUT2D eigenvalue weighted by molar-refractivity contribution is 0.0934. The molecule has 0 radical (unpaired) electrons. The van der Waals surface area contributed by atoms with Crippen molar-refractivity contribution in [1.82, 2.24) is 5.32 Å². The number of aryl methyl sites for hydroxylation is 1. The topological polar surface area (TPSA) is 72.5 Å². The monoisotopic (exact) mass is 403 g/mol. The predicted octanol–water partition coefficient (Wildman–Crippen LogP) is 4.41. The maximum atomic E-state index is 13.0. The zero-order chi connectivity index (χ0) is 21.1. The van der Waals surface area contributed by atoms with Gasteiger partial charge >= 0.3 is 0 Å². The average Bonchev–Trinajstić information content (AvgIpc) is 2.64. The Bertz CT molecular complexity index is 947. The second-order valence-corrected chi connectivity index (χ2v) is 9.36. The lowest BCUT2D eigenvalue weighted by atomic mass is 9.95. The highest BCUT2D eigenvalue weighted by atomic mass is 32.2. The van der Waals surface area contributed by atoms with Crippen LogP contribution in [0.3, 0.4) is 0 Å². The molecule has 28 heavy (non-hydrogen) atoms. The van der Waals surface area contributed by atoms with E-state index in [-0.39, 0.29) is 22.8 Å². The summed E-state index contributed by atoms with van der Waals surface area (Å²) in [4.78, 5) is 13.2. The van der Waals surface area contributed by atoms with Gasteiger partial charge in [0.25, 0.3) is 5.91 Å². The summed E-state index contributed by atoms with van der Waals surface area (Å²) in [5, 5.41) is 3.07. The van der Waals surface area contributed by atoms with Crippen molar-refractivity contribution >= 4 is 15.7 Å². The summed E-state index contributed by atoms with van der Waals surface area (Å²) in [5.41, 5.74) is 3.33. The largest absolute Gasteiger partial charge is 0.496 e. The molecule has 2 rings (SSSR count). The van der Waals surface area contributed by atoms with Gasteiger partial charge in [0, 0.05) is 11.8 Å². The third-order valence-electron chi connectivity index (χ3n) is 4.87. The first-order valence-electron chi connectivity index (χ1n) is 9.37. The van der Waals surface area contributed by atoms with E-state index in [1.165, 1.54) is 6.26 Å². The van der Waals surface area contributed by atoms with Gasteiger partial charge in [-0.05, 0) is 60.2 Å². The summed E-state index contributed by atoms with van der Waals surface area (Å²) in [6.07, 6.45) is 1.87. The summed E-state index contributed by atoms with van der Waals surface area (Å²) >= 11 is 0. The lowest BCUT2D eigenvalue weighted by Gasteiger charge is -2.20. The van der Waals surface area contributed by atoms with Crippen molar-refractivity contribution < 1.29 is 17.9 Å². The molecular weight excluding hydrogens is 374 g/mol. The third kappa shape index (κ3) is 4.93. The number of rotatable bonds is 7. The van der Waals surface area contributed by atoms with Crippen LogP contribution in [-0.2, 0) is 9.84 Å². The minimum absolute atomic E-state index is 0.152. The van der Waals surface area contributed by atoms with E-state index in [9.17, 15) is 13.2 Å². The van der Waals surface area contributed by atoms with Crippen LogP contribution in [0.4, 0.5) is 0 Å². The predicted molar refractivity (Wildman–Crippen MR) is 112 cm³/mol. The fourth-order valence-corrected chi connectivity index (χ4v) is 3.81. The van der Waals surface area contributed by atoms with Crippen LogP contribution in [-0.4, -0.2) is 27.7 Å². The number of hydrogen-bond donors (Lipinski definition) is 1. The van der Waals surface area contributed by atoms with Crippen LogP contribution in [0.25, 0.3) is 0 Å². The number of hydrogen-bond acceptors (Lipinski definition) is 4. The van der Waals surface area contributed by atoms with Crippen molar-refractivity contribution in [3.63, 3.8) is 0 Å². The maximum absolute atomic E-state index is 13.0. The molecular formula is C22H29NO4S. The molecule has 0 fully saturated rings. The fraction of sp³-hybridized carbons (Fsp3) is 0.409. The van der Waals surface area contributed by atoms with E-state index < -0.39 is 9.84 Å². The molecule has 6 heteroatoms. The second kappa shape index (κ2) is 8.78. The van der Waals surface area contributed by atoms with E-state index in [2.05, 4.69) is 19.2 Å². The summed E-state index contributed by atoms with van der Waals surface area (Å²) in [7, 11) is -1.61. The van der Waals surface area contributed by atoms with Gasteiger partial charge in [-0.1, -0.05) is 32.9 Å². The van der Waals surface area contributed by atoms with Gasteiger partial charge in [-0.2, -0.15) is 0 Å². The Morgan fingerprint density at radius 2 is 1.75 bits per heavy atom. The Labute approximate surface area is 168 Å². The molecule has 0 aliphatic carbocycles. The average molecular weight is 404 g/mol. The molecule has 0 unspecified atom stereocenters.